The average molecular weight is 588 g/mol. The molecule has 0 aliphatic carbocycles. The van der Waals surface area contributed by atoms with Crippen molar-refractivity contribution >= 4 is 28.4 Å². The van der Waals surface area contributed by atoms with E-state index in [9.17, 15) is 31.5 Å². The van der Waals surface area contributed by atoms with Crippen molar-refractivity contribution < 1.29 is 36.2 Å². The van der Waals surface area contributed by atoms with Gasteiger partial charge in [-0.25, -0.2) is 4.39 Å². The maximum absolute atomic E-state index is 14.7. The van der Waals surface area contributed by atoms with E-state index in [4.69, 9.17) is 21.1 Å². The minimum absolute atomic E-state index is 0.0614. The molecule has 3 heterocycles. The Morgan fingerprint density at radius 3 is 2.42 bits per heavy atom. The van der Waals surface area contributed by atoms with Gasteiger partial charge in [-0.3, -0.25) is 14.6 Å². The molecule has 2 aromatic heterocycles. The quantitative estimate of drug-likeness (QED) is 0.354. The fourth-order valence-electron chi connectivity index (χ4n) is 5.06. The fourth-order valence-corrected chi connectivity index (χ4v) is 5.31. The molecule has 1 amide bonds. The Labute approximate surface area is 231 Å². The van der Waals surface area contributed by atoms with Gasteiger partial charge in [0.05, 0.1) is 23.7 Å². The lowest BCUT2D eigenvalue weighted by molar-refractivity contribution is -0.275. The molecular formula is C27H27ClF5N3O4. The number of fused-ring (bicyclic) bond motifs is 1. The van der Waals surface area contributed by atoms with E-state index in [1.165, 1.54) is 19.2 Å². The van der Waals surface area contributed by atoms with Gasteiger partial charge in [-0.15, -0.1) is 0 Å². The summed E-state index contributed by atoms with van der Waals surface area (Å²) in [5, 5.41) is 1.98. The number of nitrogens with zero attached hydrogens (tertiary/aromatic N) is 1. The fraction of sp³-hybridized carbons (Fsp3) is 0.444. The van der Waals surface area contributed by atoms with Crippen LogP contribution in [0.3, 0.4) is 0 Å². The predicted octanol–water partition coefficient (Wildman–Crippen LogP) is 6.20. The zero-order chi connectivity index (χ0) is 29.9. The number of H-pyrrole nitrogens is 1. The Morgan fingerprint density at radius 2 is 1.85 bits per heavy atom. The summed E-state index contributed by atoms with van der Waals surface area (Å²) in [6, 6.07) is 3.25. The van der Waals surface area contributed by atoms with E-state index < -0.39 is 69.0 Å². The Morgan fingerprint density at radius 1 is 1.20 bits per heavy atom. The second kappa shape index (κ2) is 9.99. The van der Waals surface area contributed by atoms with Gasteiger partial charge in [0.1, 0.15) is 16.8 Å². The first-order chi connectivity index (χ1) is 18.4. The first kappa shape index (κ1) is 29.7. The Hall–Kier alpha value is -3.25. The molecule has 0 spiro atoms. The van der Waals surface area contributed by atoms with E-state index in [2.05, 4.69) is 15.3 Å². The molecule has 0 bridgehead atoms. The lowest BCUT2D eigenvalue weighted by Gasteiger charge is -2.32. The van der Waals surface area contributed by atoms with Crippen molar-refractivity contribution in [3.63, 3.8) is 0 Å². The summed E-state index contributed by atoms with van der Waals surface area (Å²) in [6.07, 6.45) is -5.22. The largest absolute Gasteiger partial charge is 0.493 e. The van der Waals surface area contributed by atoms with Crippen molar-refractivity contribution in [2.75, 3.05) is 7.11 Å². The molecule has 1 aromatic carbocycles. The molecule has 4 atom stereocenters. The van der Waals surface area contributed by atoms with Crippen molar-refractivity contribution in [1.82, 2.24) is 15.3 Å². The summed E-state index contributed by atoms with van der Waals surface area (Å²) in [4.78, 5) is 33.3. The normalized spacial score (nSPS) is 23.4. The van der Waals surface area contributed by atoms with Crippen molar-refractivity contribution in [1.29, 1.82) is 0 Å². The topological polar surface area (TPSA) is 93.3 Å². The van der Waals surface area contributed by atoms with Gasteiger partial charge in [0, 0.05) is 29.1 Å². The maximum atomic E-state index is 14.7. The highest BCUT2D eigenvalue weighted by Gasteiger charge is 2.65. The number of hydrogen-bond donors (Lipinski definition) is 2. The standard InChI is InChI=1S/C27H27ClF5N3O4/c1-11-15(12-7-8-13(29)18(30)22(12)39-6)23(40-26(11,5)27(31,32)33)20-17(28)21(37)16-14(35-20)9-10-34-19(16)24(38)36-25(2,3)4/h7-11,15,23H,1-6H3,(H,35,37)(H,36,38)/t11-,15-,23+,26+/m0/s1. The van der Waals surface area contributed by atoms with Crippen LogP contribution in [0.4, 0.5) is 22.0 Å². The summed E-state index contributed by atoms with van der Waals surface area (Å²) < 4.78 is 82.5. The number of nitrogens with one attached hydrogen (secondary N) is 2. The van der Waals surface area contributed by atoms with E-state index >= 15 is 0 Å². The zero-order valence-corrected chi connectivity index (χ0v) is 23.1. The van der Waals surface area contributed by atoms with Crippen LogP contribution in [0.25, 0.3) is 10.9 Å². The number of hydrogen-bond acceptors (Lipinski definition) is 5. The second-order valence-corrected chi connectivity index (χ2v) is 11.3. The van der Waals surface area contributed by atoms with Crippen LogP contribution in [0.1, 0.15) is 68.4 Å². The van der Waals surface area contributed by atoms with Gasteiger partial charge in [0.2, 0.25) is 11.2 Å². The molecule has 216 valence electrons. The lowest BCUT2D eigenvalue weighted by Crippen LogP contribution is -2.46. The Balaban J connectivity index is 1.98. The number of aromatic nitrogens is 2. The summed E-state index contributed by atoms with van der Waals surface area (Å²) >= 11 is 6.47. The molecule has 0 saturated carbocycles. The monoisotopic (exact) mass is 587 g/mol. The molecule has 4 rings (SSSR count). The highest BCUT2D eigenvalue weighted by Crippen LogP contribution is 2.59. The molecule has 0 unspecified atom stereocenters. The molecule has 1 saturated heterocycles. The van der Waals surface area contributed by atoms with Crippen LogP contribution < -0.4 is 15.5 Å². The van der Waals surface area contributed by atoms with Gasteiger partial charge < -0.3 is 19.8 Å². The lowest BCUT2D eigenvalue weighted by atomic mass is 9.76. The molecular weight excluding hydrogens is 561 g/mol. The average Bonchev–Trinajstić information content (AvgIpc) is 3.12. The number of methoxy groups -OCH3 is 1. The van der Waals surface area contributed by atoms with Crippen molar-refractivity contribution in [3.8, 4) is 5.75 Å². The van der Waals surface area contributed by atoms with Gasteiger partial charge >= 0.3 is 6.18 Å². The van der Waals surface area contributed by atoms with Crippen LogP contribution >= 0.6 is 11.6 Å². The van der Waals surface area contributed by atoms with Crippen LogP contribution in [0, 0.1) is 17.6 Å². The molecule has 13 heteroatoms. The highest BCUT2D eigenvalue weighted by atomic mass is 35.5. The van der Waals surface area contributed by atoms with Crippen LogP contribution in [0.2, 0.25) is 5.02 Å². The first-order valence-corrected chi connectivity index (χ1v) is 12.6. The summed E-state index contributed by atoms with van der Waals surface area (Å²) in [7, 11) is 1.06. The zero-order valence-electron chi connectivity index (χ0n) is 22.4. The number of halogens is 6. The number of rotatable bonds is 4. The maximum Gasteiger partial charge on any atom is 0.417 e. The van der Waals surface area contributed by atoms with E-state index in [1.807, 2.05) is 0 Å². The van der Waals surface area contributed by atoms with Crippen molar-refractivity contribution in [2.45, 2.75) is 64.0 Å². The smallest absolute Gasteiger partial charge is 0.417 e. The molecule has 1 fully saturated rings. The molecule has 7 nitrogen and oxygen atoms in total. The van der Waals surface area contributed by atoms with Crippen molar-refractivity contribution in [3.05, 3.63) is 68.2 Å². The third kappa shape index (κ3) is 4.81. The van der Waals surface area contributed by atoms with Gasteiger partial charge in [-0.05, 0) is 39.8 Å². The molecule has 1 aliphatic heterocycles. The first-order valence-electron chi connectivity index (χ1n) is 12.2. The van der Waals surface area contributed by atoms with Crippen LogP contribution in [0.5, 0.6) is 5.75 Å². The molecule has 3 aromatic rings. The number of alkyl halides is 3. The number of amides is 1. The SMILES string of the molecule is COc1c([C@H]2[C@H](c3[nH]c4ccnc(C(=O)NC(C)(C)C)c4c(=O)c3Cl)O[C@@](C)(C(F)(F)F)[C@H]2C)ccc(F)c1F. The second-order valence-electron chi connectivity index (χ2n) is 10.9. The molecule has 2 N–H and O–H groups in total. The number of ether oxygens (including phenoxy) is 2. The van der Waals surface area contributed by atoms with E-state index in [-0.39, 0.29) is 27.9 Å². The number of benzene rings is 1. The third-order valence-electron chi connectivity index (χ3n) is 7.18. The third-order valence-corrected chi connectivity index (χ3v) is 7.56. The highest BCUT2D eigenvalue weighted by molar-refractivity contribution is 6.32. The predicted molar refractivity (Wildman–Crippen MR) is 138 cm³/mol. The Bertz CT molecular complexity index is 1550. The van der Waals surface area contributed by atoms with Crippen LogP contribution in [-0.4, -0.2) is 40.3 Å². The van der Waals surface area contributed by atoms with Crippen LogP contribution in [0.15, 0.2) is 29.2 Å². The van der Waals surface area contributed by atoms with Gasteiger partial charge in [0.15, 0.2) is 17.2 Å². The number of carbonyl (C=O) groups is 1. The molecule has 1 aliphatic rings. The Kier molecular flexibility index (Phi) is 7.42. The number of aromatic amines is 1. The number of pyridine rings is 2. The van der Waals surface area contributed by atoms with Gasteiger partial charge in [0.25, 0.3) is 5.91 Å². The summed E-state index contributed by atoms with van der Waals surface area (Å²) in [5.74, 6) is -6.57. The number of carbonyl (C=O) groups excluding carboxylic acids is 1. The van der Waals surface area contributed by atoms with Gasteiger partial charge in [-0.1, -0.05) is 24.6 Å². The van der Waals surface area contributed by atoms with E-state index in [0.717, 1.165) is 26.2 Å². The van der Waals surface area contributed by atoms with E-state index in [0.29, 0.717) is 0 Å². The molecule has 0 radical (unpaired) electrons. The summed E-state index contributed by atoms with van der Waals surface area (Å²) in [6.45, 7) is 7.28. The van der Waals surface area contributed by atoms with Gasteiger partial charge in [-0.2, -0.15) is 17.6 Å². The van der Waals surface area contributed by atoms with Crippen LogP contribution in [-0.2, 0) is 4.74 Å². The van der Waals surface area contributed by atoms with Crippen molar-refractivity contribution in [2.24, 2.45) is 5.92 Å². The minimum atomic E-state index is -4.89. The minimum Gasteiger partial charge on any atom is -0.493 e. The molecule has 40 heavy (non-hydrogen) atoms. The van der Waals surface area contributed by atoms with E-state index in [1.54, 1.807) is 20.8 Å². The summed E-state index contributed by atoms with van der Waals surface area (Å²) in [5.41, 5.74) is -4.82.